The van der Waals surface area contributed by atoms with Gasteiger partial charge in [-0.2, -0.15) is 0 Å². The van der Waals surface area contributed by atoms with Crippen LogP contribution in [-0.4, -0.2) is 30.8 Å². The Balaban J connectivity index is 2.33. The molecular weight excluding hydrogens is 262 g/mol. The molecule has 0 atom stereocenters. The molecular formula is C14H19NO3S. The van der Waals surface area contributed by atoms with Crippen LogP contribution in [0.1, 0.15) is 18.1 Å². The molecule has 0 aromatic heterocycles. The monoisotopic (exact) mass is 281 g/mol. The van der Waals surface area contributed by atoms with Crippen LogP contribution in [0, 0.1) is 13.8 Å². The average Bonchev–Trinajstić information content (AvgIpc) is 2.38. The molecule has 0 heterocycles. The van der Waals surface area contributed by atoms with E-state index in [0.29, 0.717) is 6.54 Å². The molecule has 0 aliphatic carbocycles. The molecule has 1 aromatic carbocycles. The molecule has 0 aliphatic rings. The smallest absolute Gasteiger partial charge is 0.316 e. The van der Waals surface area contributed by atoms with E-state index < -0.39 is 0 Å². The Morgan fingerprint density at radius 1 is 1.26 bits per heavy atom. The van der Waals surface area contributed by atoms with Crippen LogP contribution in [0.5, 0.6) is 0 Å². The van der Waals surface area contributed by atoms with E-state index in [2.05, 4.69) is 5.32 Å². The number of ether oxygens (including phenoxy) is 1. The third kappa shape index (κ3) is 5.79. The zero-order chi connectivity index (χ0) is 14.3. The highest BCUT2D eigenvalue weighted by atomic mass is 32.2. The Morgan fingerprint density at radius 2 is 2.00 bits per heavy atom. The molecule has 0 spiro atoms. The molecule has 1 aromatic rings. The molecule has 0 fully saturated rings. The van der Waals surface area contributed by atoms with Gasteiger partial charge in [-0.05, 0) is 44.0 Å². The number of hydrogen-bond acceptors (Lipinski definition) is 4. The molecule has 0 aliphatic heterocycles. The highest BCUT2D eigenvalue weighted by Crippen LogP contribution is 2.20. The molecule has 5 heteroatoms. The van der Waals surface area contributed by atoms with E-state index >= 15 is 0 Å². The summed E-state index contributed by atoms with van der Waals surface area (Å²) in [6, 6.07) is 6.04. The third-order valence-electron chi connectivity index (χ3n) is 2.57. The molecule has 1 rings (SSSR count). The average molecular weight is 281 g/mol. The minimum atomic E-state index is -0.380. The number of nitrogens with one attached hydrogen (secondary N) is 1. The quantitative estimate of drug-likeness (QED) is 0.640. The van der Waals surface area contributed by atoms with Crippen molar-refractivity contribution in [2.45, 2.75) is 25.7 Å². The summed E-state index contributed by atoms with van der Waals surface area (Å²) in [6.07, 6.45) is 0. The van der Waals surface area contributed by atoms with E-state index in [1.165, 1.54) is 22.9 Å². The predicted octanol–water partition coefficient (Wildman–Crippen LogP) is 2.07. The van der Waals surface area contributed by atoms with Gasteiger partial charge in [-0.25, -0.2) is 0 Å². The number of thioether (sulfide) groups is 1. The lowest BCUT2D eigenvalue weighted by Crippen LogP contribution is -2.28. The number of aryl methyl sites for hydroxylation is 2. The van der Waals surface area contributed by atoms with Gasteiger partial charge >= 0.3 is 5.97 Å². The van der Waals surface area contributed by atoms with Crippen molar-refractivity contribution in [1.82, 2.24) is 5.32 Å². The summed E-state index contributed by atoms with van der Waals surface area (Å²) in [5.41, 5.74) is 2.42. The number of carbonyl (C=O) groups excluding carboxylic acids is 2. The molecule has 0 radical (unpaired) electrons. The van der Waals surface area contributed by atoms with Crippen LogP contribution < -0.4 is 5.32 Å². The number of carbonyl (C=O) groups is 2. The van der Waals surface area contributed by atoms with Gasteiger partial charge < -0.3 is 10.1 Å². The standard InChI is InChI=1S/C14H19NO3S/c1-4-15-13(16)8-18-14(17)9-19-12-6-5-10(2)11(3)7-12/h5-7H,4,8-9H2,1-3H3,(H,15,16). The van der Waals surface area contributed by atoms with Gasteiger partial charge in [0.25, 0.3) is 5.91 Å². The maximum absolute atomic E-state index is 11.5. The molecule has 104 valence electrons. The minimum Gasteiger partial charge on any atom is -0.455 e. The Morgan fingerprint density at radius 3 is 2.63 bits per heavy atom. The van der Waals surface area contributed by atoms with Gasteiger partial charge in [0.1, 0.15) is 0 Å². The van der Waals surface area contributed by atoms with Crippen LogP contribution >= 0.6 is 11.8 Å². The van der Waals surface area contributed by atoms with Crippen LogP contribution in [0.15, 0.2) is 23.1 Å². The summed E-state index contributed by atoms with van der Waals surface area (Å²) in [4.78, 5) is 23.6. The lowest BCUT2D eigenvalue weighted by atomic mass is 10.1. The van der Waals surface area contributed by atoms with Gasteiger partial charge in [0.05, 0.1) is 5.75 Å². The second-order valence-electron chi connectivity index (χ2n) is 4.15. The minimum absolute atomic E-state index is 0.208. The van der Waals surface area contributed by atoms with Gasteiger partial charge in [-0.3, -0.25) is 9.59 Å². The van der Waals surface area contributed by atoms with Crippen molar-refractivity contribution in [2.75, 3.05) is 18.9 Å². The van der Waals surface area contributed by atoms with Crippen LogP contribution in [0.25, 0.3) is 0 Å². The maximum atomic E-state index is 11.5. The summed E-state index contributed by atoms with van der Waals surface area (Å²) in [6.45, 7) is 6.22. The number of hydrogen-bond donors (Lipinski definition) is 1. The number of benzene rings is 1. The van der Waals surface area contributed by atoms with Crippen molar-refractivity contribution in [2.24, 2.45) is 0 Å². The SMILES string of the molecule is CCNC(=O)COC(=O)CSc1ccc(C)c(C)c1. The van der Waals surface area contributed by atoms with E-state index in [4.69, 9.17) is 4.74 Å². The molecule has 1 N–H and O–H groups in total. The molecule has 4 nitrogen and oxygen atoms in total. The van der Waals surface area contributed by atoms with E-state index in [9.17, 15) is 9.59 Å². The van der Waals surface area contributed by atoms with Crippen LogP contribution in [0.3, 0.4) is 0 Å². The summed E-state index contributed by atoms with van der Waals surface area (Å²) in [7, 11) is 0. The molecule has 0 unspecified atom stereocenters. The Labute approximate surface area is 117 Å². The predicted molar refractivity (Wildman–Crippen MR) is 76.3 cm³/mol. The van der Waals surface area contributed by atoms with Crippen LogP contribution in [-0.2, 0) is 14.3 Å². The maximum Gasteiger partial charge on any atom is 0.316 e. The van der Waals surface area contributed by atoms with Crippen molar-refractivity contribution in [1.29, 1.82) is 0 Å². The molecule has 1 amide bonds. The number of likely N-dealkylation sites (N-methyl/N-ethyl adjacent to an activating group) is 1. The van der Waals surface area contributed by atoms with E-state index in [-0.39, 0.29) is 24.2 Å². The first-order valence-electron chi connectivity index (χ1n) is 6.15. The lowest BCUT2D eigenvalue weighted by molar-refractivity contribution is -0.145. The summed E-state index contributed by atoms with van der Waals surface area (Å²) < 4.78 is 4.86. The largest absolute Gasteiger partial charge is 0.455 e. The van der Waals surface area contributed by atoms with Gasteiger partial charge in [-0.15, -0.1) is 11.8 Å². The Kier molecular flexibility index (Phi) is 6.42. The van der Waals surface area contributed by atoms with Gasteiger partial charge in [0.15, 0.2) is 6.61 Å². The van der Waals surface area contributed by atoms with Crippen molar-refractivity contribution in [3.63, 3.8) is 0 Å². The number of esters is 1. The van der Waals surface area contributed by atoms with Crippen molar-refractivity contribution in [3.8, 4) is 0 Å². The fraction of sp³-hybridized carbons (Fsp3) is 0.429. The summed E-state index contributed by atoms with van der Waals surface area (Å²) in [5.74, 6) is -0.441. The first kappa shape index (κ1) is 15.6. The topological polar surface area (TPSA) is 55.4 Å². The molecule has 19 heavy (non-hydrogen) atoms. The Bertz CT molecular complexity index is 460. The van der Waals surface area contributed by atoms with Gasteiger partial charge in [-0.1, -0.05) is 6.07 Å². The third-order valence-corrected chi connectivity index (χ3v) is 3.54. The molecule has 0 saturated heterocycles. The molecule has 0 bridgehead atoms. The number of rotatable bonds is 6. The van der Waals surface area contributed by atoms with Crippen LogP contribution in [0.4, 0.5) is 0 Å². The van der Waals surface area contributed by atoms with Crippen molar-refractivity contribution in [3.05, 3.63) is 29.3 Å². The van der Waals surface area contributed by atoms with E-state index in [1.54, 1.807) is 0 Å². The normalized spacial score (nSPS) is 10.1. The summed E-state index contributed by atoms with van der Waals surface area (Å²) >= 11 is 1.41. The summed E-state index contributed by atoms with van der Waals surface area (Å²) in [5, 5.41) is 2.57. The fourth-order valence-electron chi connectivity index (χ4n) is 1.38. The zero-order valence-electron chi connectivity index (χ0n) is 11.5. The van der Waals surface area contributed by atoms with Crippen molar-refractivity contribution < 1.29 is 14.3 Å². The Hall–Kier alpha value is -1.49. The zero-order valence-corrected chi connectivity index (χ0v) is 12.3. The van der Waals surface area contributed by atoms with Crippen molar-refractivity contribution >= 4 is 23.6 Å². The van der Waals surface area contributed by atoms with E-state index in [1.807, 2.05) is 39.0 Å². The van der Waals surface area contributed by atoms with Gasteiger partial charge in [0.2, 0.25) is 0 Å². The first-order chi connectivity index (χ1) is 9.02. The first-order valence-corrected chi connectivity index (χ1v) is 7.14. The lowest BCUT2D eigenvalue weighted by Gasteiger charge is -2.06. The molecule has 0 saturated carbocycles. The number of amides is 1. The van der Waals surface area contributed by atoms with E-state index in [0.717, 1.165) is 4.90 Å². The second-order valence-corrected chi connectivity index (χ2v) is 5.20. The fourth-order valence-corrected chi connectivity index (χ4v) is 2.17. The highest BCUT2D eigenvalue weighted by Gasteiger charge is 2.07. The highest BCUT2D eigenvalue weighted by molar-refractivity contribution is 8.00. The van der Waals surface area contributed by atoms with Gasteiger partial charge in [0, 0.05) is 11.4 Å². The van der Waals surface area contributed by atoms with Crippen LogP contribution in [0.2, 0.25) is 0 Å². The second kappa shape index (κ2) is 7.84.